The number of hydrogen-bond donors (Lipinski definition) is 0. The van der Waals surface area contributed by atoms with Crippen LogP contribution < -0.4 is 0 Å². The van der Waals surface area contributed by atoms with Crippen LogP contribution in [0.3, 0.4) is 0 Å². The summed E-state index contributed by atoms with van der Waals surface area (Å²) in [6, 6.07) is 9.91. The van der Waals surface area contributed by atoms with Gasteiger partial charge in [-0.2, -0.15) is 0 Å². The van der Waals surface area contributed by atoms with E-state index < -0.39 is 0 Å². The van der Waals surface area contributed by atoms with Gasteiger partial charge in [0.1, 0.15) is 6.04 Å². The Morgan fingerprint density at radius 3 is 2.57 bits per heavy atom. The summed E-state index contributed by atoms with van der Waals surface area (Å²) in [5.41, 5.74) is 1.08. The molecule has 1 aliphatic heterocycles. The molecule has 0 bridgehead atoms. The van der Waals surface area contributed by atoms with Gasteiger partial charge in [-0.1, -0.05) is 30.3 Å². The lowest BCUT2D eigenvalue weighted by molar-refractivity contribution is -0.135. The van der Waals surface area contributed by atoms with E-state index in [1.165, 1.54) is 0 Å². The molecule has 21 heavy (non-hydrogen) atoms. The zero-order valence-corrected chi connectivity index (χ0v) is 13.1. The Bertz CT molecular complexity index is 430. The molecule has 0 radical (unpaired) electrons. The van der Waals surface area contributed by atoms with Crippen LogP contribution in [-0.4, -0.2) is 56.1 Å². The van der Waals surface area contributed by atoms with E-state index in [-0.39, 0.29) is 11.9 Å². The van der Waals surface area contributed by atoms with E-state index >= 15 is 0 Å². The number of rotatable bonds is 7. The van der Waals surface area contributed by atoms with Gasteiger partial charge in [-0.25, -0.2) is 0 Å². The van der Waals surface area contributed by atoms with E-state index in [1.807, 2.05) is 42.3 Å². The van der Waals surface area contributed by atoms with E-state index in [9.17, 15) is 4.79 Å². The van der Waals surface area contributed by atoms with Crippen LogP contribution in [0.5, 0.6) is 0 Å². The van der Waals surface area contributed by atoms with Crippen LogP contribution in [0.4, 0.5) is 0 Å². The maximum atomic E-state index is 12.9. The highest BCUT2D eigenvalue weighted by Crippen LogP contribution is 2.24. The quantitative estimate of drug-likeness (QED) is 0.723. The van der Waals surface area contributed by atoms with E-state index in [0.29, 0.717) is 0 Å². The first-order valence-corrected chi connectivity index (χ1v) is 7.77. The Hall–Kier alpha value is -1.39. The van der Waals surface area contributed by atoms with Crippen molar-refractivity contribution < 1.29 is 9.53 Å². The van der Waals surface area contributed by atoms with Crippen LogP contribution in [0, 0.1) is 0 Å². The van der Waals surface area contributed by atoms with Gasteiger partial charge < -0.3 is 9.64 Å². The van der Waals surface area contributed by atoms with Gasteiger partial charge in [-0.15, -0.1) is 0 Å². The smallest absolute Gasteiger partial charge is 0.244 e. The normalized spacial score (nSPS) is 16.4. The second-order valence-electron chi connectivity index (χ2n) is 5.67. The molecule has 4 nitrogen and oxygen atoms in total. The summed E-state index contributed by atoms with van der Waals surface area (Å²) in [4.78, 5) is 17.0. The van der Waals surface area contributed by atoms with Crippen LogP contribution in [0.25, 0.3) is 0 Å². The molecule has 1 aromatic carbocycles. The van der Waals surface area contributed by atoms with Crippen molar-refractivity contribution >= 4 is 5.91 Å². The van der Waals surface area contributed by atoms with Crippen LogP contribution >= 0.6 is 0 Å². The molecule has 1 atom stereocenters. The SMILES string of the molecule is COCCCN(C)C(C(=O)N1CCCC1)c1ccccc1. The Kier molecular flexibility index (Phi) is 6.21. The third kappa shape index (κ3) is 4.29. The van der Waals surface area contributed by atoms with Crippen LogP contribution in [0.15, 0.2) is 30.3 Å². The summed E-state index contributed by atoms with van der Waals surface area (Å²) in [7, 11) is 3.74. The molecule has 2 rings (SSSR count). The number of benzene rings is 1. The average Bonchev–Trinajstić information content (AvgIpc) is 3.03. The topological polar surface area (TPSA) is 32.8 Å². The number of methoxy groups -OCH3 is 1. The van der Waals surface area contributed by atoms with Crippen molar-refractivity contribution in [2.45, 2.75) is 25.3 Å². The van der Waals surface area contributed by atoms with Gasteiger partial charge in [0, 0.05) is 33.4 Å². The zero-order chi connectivity index (χ0) is 15.1. The molecule has 1 heterocycles. The summed E-state index contributed by atoms with van der Waals surface area (Å²) in [5, 5.41) is 0. The largest absolute Gasteiger partial charge is 0.385 e. The lowest BCUT2D eigenvalue weighted by Gasteiger charge is -2.31. The Balaban J connectivity index is 2.11. The number of amides is 1. The van der Waals surface area contributed by atoms with Crippen LogP contribution in [0.1, 0.15) is 30.9 Å². The fourth-order valence-corrected chi connectivity index (χ4v) is 2.92. The molecule has 0 aromatic heterocycles. The molecule has 1 aromatic rings. The fraction of sp³-hybridized carbons (Fsp3) is 0.588. The van der Waals surface area contributed by atoms with E-state index in [2.05, 4.69) is 4.90 Å². The van der Waals surface area contributed by atoms with Crippen molar-refractivity contribution in [3.8, 4) is 0 Å². The minimum Gasteiger partial charge on any atom is -0.385 e. The first kappa shape index (κ1) is 16.0. The van der Waals surface area contributed by atoms with Gasteiger partial charge in [-0.05, 0) is 31.9 Å². The lowest BCUT2D eigenvalue weighted by atomic mass is 10.0. The highest BCUT2D eigenvalue weighted by molar-refractivity contribution is 5.83. The number of carbonyl (C=O) groups excluding carboxylic acids is 1. The number of carbonyl (C=O) groups is 1. The molecule has 1 amide bonds. The second-order valence-corrected chi connectivity index (χ2v) is 5.67. The maximum absolute atomic E-state index is 12.9. The molecule has 116 valence electrons. The predicted molar refractivity (Wildman–Crippen MR) is 84.1 cm³/mol. The minimum absolute atomic E-state index is 0.179. The van der Waals surface area contributed by atoms with Crippen LogP contribution in [-0.2, 0) is 9.53 Å². The summed E-state index contributed by atoms with van der Waals surface area (Å²) in [6.07, 6.45) is 3.19. The van der Waals surface area contributed by atoms with E-state index in [0.717, 1.165) is 51.1 Å². The van der Waals surface area contributed by atoms with Crippen LogP contribution in [0.2, 0.25) is 0 Å². The molecule has 0 N–H and O–H groups in total. The molecular formula is C17H26N2O2. The molecule has 0 spiro atoms. The summed E-state index contributed by atoms with van der Waals surface area (Å²) >= 11 is 0. The molecule has 1 saturated heterocycles. The van der Waals surface area contributed by atoms with Crippen molar-refractivity contribution in [2.75, 3.05) is 40.4 Å². The van der Waals surface area contributed by atoms with Gasteiger partial charge in [-0.3, -0.25) is 9.69 Å². The molecule has 4 heteroatoms. The van der Waals surface area contributed by atoms with E-state index in [4.69, 9.17) is 4.74 Å². The Morgan fingerprint density at radius 2 is 1.95 bits per heavy atom. The Morgan fingerprint density at radius 1 is 1.29 bits per heavy atom. The number of ether oxygens (including phenoxy) is 1. The molecule has 0 aliphatic carbocycles. The fourth-order valence-electron chi connectivity index (χ4n) is 2.92. The molecule has 1 unspecified atom stereocenters. The molecule has 1 fully saturated rings. The highest BCUT2D eigenvalue weighted by atomic mass is 16.5. The third-order valence-corrected chi connectivity index (χ3v) is 4.07. The predicted octanol–water partition coefficient (Wildman–Crippen LogP) is 2.32. The first-order valence-electron chi connectivity index (χ1n) is 7.77. The molecule has 1 aliphatic rings. The second kappa shape index (κ2) is 8.15. The van der Waals surface area contributed by atoms with Gasteiger partial charge >= 0.3 is 0 Å². The number of likely N-dealkylation sites (N-methyl/N-ethyl adjacent to an activating group) is 1. The van der Waals surface area contributed by atoms with E-state index in [1.54, 1.807) is 7.11 Å². The van der Waals surface area contributed by atoms with Gasteiger partial charge in [0.05, 0.1) is 0 Å². The number of nitrogens with zero attached hydrogens (tertiary/aromatic N) is 2. The standard InChI is InChI=1S/C17H26N2O2/c1-18(11-8-14-21-2)16(15-9-4-3-5-10-15)17(20)19-12-6-7-13-19/h3-5,9-10,16H,6-8,11-14H2,1-2H3. The van der Waals surface area contributed by atoms with Crippen molar-refractivity contribution in [3.63, 3.8) is 0 Å². The Labute approximate surface area is 127 Å². The molecule has 0 saturated carbocycles. The number of likely N-dealkylation sites (tertiary alicyclic amines) is 1. The minimum atomic E-state index is -0.179. The lowest BCUT2D eigenvalue weighted by Crippen LogP contribution is -2.40. The third-order valence-electron chi connectivity index (χ3n) is 4.07. The van der Waals surface area contributed by atoms with Gasteiger partial charge in [0.25, 0.3) is 0 Å². The highest BCUT2D eigenvalue weighted by Gasteiger charge is 2.30. The summed E-state index contributed by atoms with van der Waals surface area (Å²) in [5.74, 6) is 0.235. The van der Waals surface area contributed by atoms with Gasteiger partial charge in [0.2, 0.25) is 5.91 Å². The maximum Gasteiger partial charge on any atom is 0.244 e. The number of hydrogen-bond acceptors (Lipinski definition) is 3. The van der Waals surface area contributed by atoms with Crippen molar-refractivity contribution in [3.05, 3.63) is 35.9 Å². The monoisotopic (exact) mass is 290 g/mol. The molecular weight excluding hydrogens is 264 g/mol. The zero-order valence-electron chi connectivity index (χ0n) is 13.1. The summed E-state index contributed by atoms with van der Waals surface area (Å²) < 4.78 is 5.12. The van der Waals surface area contributed by atoms with Crippen molar-refractivity contribution in [1.29, 1.82) is 0 Å². The first-order chi connectivity index (χ1) is 10.2. The summed E-state index contributed by atoms with van der Waals surface area (Å²) in [6.45, 7) is 3.37. The average molecular weight is 290 g/mol. The van der Waals surface area contributed by atoms with Crippen molar-refractivity contribution in [1.82, 2.24) is 9.80 Å². The van der Waals surface area contributed by atoms with Crippen molar-refractivity contribution in [2.24, 2.45) is 0 Å². The van der Waals surface area contributed by atoms with Gasteiger partial charge in [0.15, 0.2) is 0 Å².